The van der Waals surface area contributed by atoms with Crippen LogP contribution >= 0.6 is 0 Å². The summed E-state index contributed by atoms with van der Waals surface area (Å²) < 4.78 is 5.22. The molecule has 1 aliphatic heterocycles. The average molecular weight is 403 g/mol. The number of aryl methyl sites for hydroxylation is 1. The van der Waals surface area contributed by atoms with Crippen molar-refractivity contribution >= 4 is 17.5 Å². The number of nitrogens with zero attached hydrogens (tertiary/aromatic N) is 4. The fourth-order valence-corrected chi connectivity index (χ4v) is 3.65. The molecule has 0 atom stereocenters. The molecule has 0 bridgehead atoms. The van der Waals surface area contributed by atoms with Crippen molar-refractivity contribution in [2.75, 3.05) is 30.4 Å². The fourth-order valence-electron chi connectivity index (χ4n) is 3.65. The van der Waals surface area contributed by atoms with Crippen LogP contribution in [0.25, 0.3) is 11.3 Å². The number of carbonyl (C=O) groups is 1. The molecule has 1 amide bonds. The van der Waals surface area contributed by atoms with Crippen LogP contribution in [0.3, 0.4) is 0 Å². The van der Waals surface area contributed by atoms with Crippen LogP contribution in [-0.4, -0.2) is 41.1 Å². The van der Waals surface area contributed by atoms with Gasteiger partial charge in [0.1, 0.15) is 23.7 Å². The maximum absolute atomic E-state index is 12.6. The van der Waals surface area contributed by atoms with Gasteiger partial charge in [-0.15, -0.1) is 0 Å². The van der Waals surface area contributed by atoms with Crippen molar-refractivity contribution in [3.05, 3.63) is 60.6 Å². The first-order chi connectivity index (χ1) is 14.6. The smallest absolute Gasteiger partial charge is 0.228 e. The number of carbonyl (C=O) groups excluding carboxylic acids is 1. The number of benzene rings is 1. The number of hydrogen-bond acceptors (Lipinski definition) is 6. The third kappa shape index (κ3) is 4.40. The maximum atomic E-state index is 12.6. The number of ether oxygens (including phenoxy) is 1. The van der Waals surface area contributed by atoms with E-state index < -0.39 is 0 Å². The normalized spacial score (nSPS) is 14.4. The summed E-state index contributed by atoms with van der Waals surface area (Å²) in [6.07, 6.45) is 4.84. The summed E-state index contributed by atoms with van der Waals surface area (Å²) in [5, 5.41) is 2.97. The van der Waals surface area contributed by atoms with E-state index in [9.17, 15) is 4.79 Å². The highest BCUT2D eigenvalue weighted by Crippen LogP contribution is 2.27. The summed E-state index contributed by atoms with van der Waals surface area (Å²) in [6.45, 7) is 3.50. The van der Waals surface area contributed by atoms with Crippen molar-refractivity contribution in [2.24, 2.45) is 5.92 Å². The van der Waals surface area contributed by atoms with Gasteiger partial charge in [0.25, 0.3) is 0 Å². The maximum Gasteiger partial charge on any atom is 0.228 e. The van der Waals surface area contributed by atoms with Gasteiger partial charge in [0.05, 0.1) is 12.8 Å². The van der Waals surface area contributed by atoms with Gasteiger partial charge >= 0.3 is 0 Å². The zero-order valence-electron chi connectivity index (χ0n) is 17.2. The van der Waals surface area contributed by atoms with Crippen LogP contribution in [0.2, 0.25) is 0 Å². The molecule has 0 unspecified atom stereocenters. The van der Waals surface area contributed by atoms with E-state index in [0.29, 0.717) is 5.82 Å². The van der Waals surface area contributed by atoms with Crippen molar-refractivity contribution in [3.63, 3.8) is 0 Å². The van der Waals surface area contributed by atoms with E-state index in [1.807, 2.05) is 49.4 Å². The van der Waals surface area contributed by atoms with E-state index in [1.165, 1.54) is 0 Å². The molecule has 0 spiro atoms. The van der Waals surface area contributed by atoms with Gasteiger partial charge in [0.15, 0.2) is 0 Å². The lowest BCUT2D eigenvalue weighted by atomic mass is 9.95. The zero-order valence-corrected chi connectivity index (χ0v) is 17.2. The molecule has 1 fully saturated rings. The molecule has 0 aliphatic carbocycles. The number of hydrogen-bond donors (Lipinski definition) is 1. The standard InChI is InChI=1S/C23H25N5O2/c1-16-4-3-11-24-22(16)27-23(29)18-9-12-28(13-10-18)21-14-20(25-15-26-21)17-5-7-19(30-2)8-6-17/h3-8,11,14-15,18H,9-10,12-13H2,1-2H3,(H,24,27,29). The van der Waals surface area contributed by atoms with Crippen molar-refractivity contribution in [1.29, 1.82) is 0 Å². The molecule has 3 heterocycles. The average Bonchev–Trinajstić information content (AvgIpc) is 2.81. The molecule has 7 nitrogen and oxygen atoms in total. The Morgan fingerprint density at radius 2 is 1.87 bits per heavy atom. The summed E-state index contributed by atoms with van der Waals surface area (Å²) in [7, 11) is 1.65. The highest BCUT2D eigenvalue weighted by atomic mass is 16.5. The number of rotatable bonds is 5. The van der Waals surface area contributed by atoms with E-state index in [0.717, 1.165) is 54.3 Å². The van der Waals surface area contributed by atoms with Gasteiger partial charge in [-0.05, 0) is 55.7 Å². The van der Waals surface area contributed by atoms with Gasteiger partial charge < -0.3 is 15.0 Å². The molecule has 7 heteroatoms. The van der Waals surface area contributed by atoms with E-state index in [2.05, 4.69) is 25.2 Å². The van der Waals surface area contributed by atoms with Crippen molar-refractivity contribution in [2.45, 2.75) is 19.8 Å². The Kier molecular flexibility index (Phi) is 5.88. The highest BCUT2D eigenvalue weighted by molar-refractivity contribution is 5.92. The van der Waals surface area contributed by atoms with Gasteiger partial charge in [-0.3, -0.25) is 4.79 Å². The van der Waals surface area contributed by atoms with E-state index in [-0.39, 0.29) is 11.8 Å². The Morgan fingerprint density at radius 3 is 2.57 bits per heavy atom. The molecular formula is C23H25N5O2. The molecule has 0 saturated carbocycles. The van der Waals surface area contributed by atoms with Gasteiger partial charge in [-0.2, -0.15) is 0 Å². The summed E-state index contributed by atoms with van der Waals surface area (Å²) in [4.78, 5) is 28.0. The quantitative estimate of drug-likeness (QED) is 0.700. The third-order valence-electron chi connectivity index (χ3n) is 5.48. The number of anilines is 2. The monoisotopic (exact) mass is 403 g/mol. The summed E-state index contributed by atoms with van der Waals surface area (Å²) in [6, 6.07) is 13.6. The Hall–Kier alpha value is -3.48. The molecule has 1 N–H and O–H groups in total. The molecular weight excluding hydrogens is 378 g/mol. The van der Waals surface area contributed by atoms with Crippen molar-refractivity contribution in [1.82, 2.24) is 15.0 Å². The zero-order chi connectivity index (χ0) is 20.9. The van der Waals surface area contributed by atoms with Gasteiger partial charge in [-0.25, -0.2) is 15.0 Å². The number of nitrogens with one attached hydrogen (secondary N) is 1. The molecule has 1 aromatic carbocycles. The minimum absolute atomic E-state index is 0.0226. The van der Waals surface area contributed by atoms with Crippen LogP contribution < -0.4 is 15.0 Å². The van der Waals surface area contributed by atoms with Crippen LogP contribution in [0.4, 0.5) is 11.6 Å². The van der Waals surface area contributed by atoms with Crippen molar-refractivity contribution < 1.29 is 9.53 Å². The number of amides is 1. The van der Waals surface area contributed by atoms with E-state index >= 15 is 0 Å². The Labute approximate surface area is 176 Å². The first kappa shape index (κ1) is 19.8. The number of aromatic nitrogens is 3. The molecule has 4 rings (SSSR count). The largest absolute Gasteiger partial charge is 0.497 e. The fraction of sp³-hybridized carbons (Fsp3) is 0.304. The first-order valence-corrected chi connectivity index (χ1v) is 10.1. The molecule has 0 radical (unpaired) electrons. The second-order valence-corrected chi connectivity index (χ2v) is 7.41. The SMILES string of the molecule is COc1ccc(-c2cc(N3CCC(C(=O)Nc4ncccc4C)CC3)ncn2)cc1. The van der Waals surface area contributed by atoms with Gasteiger partial charge in [0, 0.05) is 36.8 Å². The topological polar surface area (TPSA) is 80.2 Å². The first-order valence-electron chi connectivity index (χ1n) is 10.1. The van der Waals surface area contributed by atoms with Crippen molar-refractivity contribution in [3.8, 4) is 17.0 Å². The number of pyridine rings is 1. The molecule has 1 aliphatic rings. The number of methoxy groups -OCH3 is 1. The lowest BCUT2D eigenvalue weighted by Crippen LogP contribution is -2.38. The summed E-state index contributed by atoms with van der Waals surface area (Å²) in [5.74, 6) is 2.36. The Balaban J connectivity index is 1.39. The Bertz CT molecular complexity index is 1010. The molecule has 154 valence electrons. The lowest BCUT2D eigenvalue weighted by molar-refractivity contribution is -0.120. The second-order valence-electron chi connectivity index (χ2n) is 7.41. The van der Waals surface area contributed by atoms with Gasteiger partial charge in [0.2, 0.25) is 5.91 Å². The molecule has 2 aromatic heterocycles. The molecule has 30 heavy (non-hydrogen) atoms. The van der Waals surface area contributed by atoms with Crippen LogP contribution in [0.15, 0.2) is 55.0 Å². The predicted octanol–water partition coefficient (Wildman–Crippen LogP) is 3.71. The summed E-state index contributed by atoms with van der Waals surface area (Å²) >= 11 is 0. The molecule has 1 saturated heterocycles. The number of piperidine rings is 1. The minimum Gasteiger partial charge on any atom is -0.497 e. The van der Waals surface area contributed by atoms with E-state index in [1.54, 1.807) is 19.6 Å². The summed E-state index contributed by atoms with van der Waals surface area (Å²) in [5.41, 5.74) is 2.85. The van der Waals surface area contributed by atoms with Crippen LogP contribution in [0.1, 0.15) is 18.4 Å². The molecule has 3 aromatic rings. The highest BCUT2D eigenvalue weighted by Gasteiger charge is 2.26. The van der Waals surface area contributed by atoms with E-state index in [4.69, 9.17) is 4.74 Å². The predicted molar refractivity (Wildman–Crippen MR) is 117 cm³/mol. The van der Waals surface area contributed by atoms with Crippen LogP contribution in [0.5, 0.6) is 5.75 Å². The van der Waals surface area contributed by atoms with Crippen LogP contribution in [0, 0.1) is 12.8 Å². The van der Waals surface area contributed by atoms with Crippen LogP contribution in [-0.2, 0) is 4.79 Å². The Morgan fingerprint density at radius 1 is 1.10 bits per heavy atom. The lowest BCUT2D eigenvalue weighted by Gasteiger charge is -2.32. The second kappa shape index (κ2) is 8.90. The third-order valence-corrected chi connectivity index (χ3v) is 5.48. The minimum atomic E-state index is -0.0226. The van der Waals surface area contributed by atoms with Gasteiger partial charge in [-0.1, -0.05) is 6.07 Å².